The molecule has 2 aromatic rings. The number of nitrogens with one attached hydrogen (secondary N) is 1. The van der Waals surface area contributed by atoms with E-state index < -0.39 is 29.1 Å². The monoisotopic (exact) mass is 427 g/mol. The Morgan fingerprint density at radius 1 is 1.16 bits per heavy atom. The van der Waals surface area contributed by atoms with Crippen LogP contribution in [0.1, 0.15) is 36.1 Å². The number of allylic oxidation sites excluding steroid dienone is 1. The van der Waals surface area contributed by atoms with Crippen LogP contribution in [-0.4, -0.2) is 29.3 Å². The maximum Gasteiger partial charge on any atom is 0.416 e. The fourth-order valence-corrected chi connectivity index (χ4v) is 3.60. The normalized spacial score (nSPS) is 20.9. The molecular formula is C23H20F3N3O2. The molecule has 0 spiro atoms. The fourth-order valence-electron chi connectivity index (χ4n) is 3.60. The molecule has 0 radical (unpaired) electrons. The molecule has 1 aliphatic rings. The third-order valence-electron chi connectivity index (χ3n) is 5.62. The summed E-state index contributed by atoms with van der Waals surface area (Å²) in [5, 5.41) is 11.9. The predicted octanol–water partition coefficient (Wildman–Crippen LogP) is 3.90. The van der Waals surface area contributed by atoms with Gasteiger partial charge in [-0.25, -0.2) is 0 Å². The maximum absolute atomic E-state index is 13.1. The number of carbonyl (C=O) groups excluding carboxylic acids is 2. The Kier molecular flexibility index (Phi) is 5.64. The minimum atomic E-state index is -4.51. The molecule has 1 saturated heterocycles. The first-order valence-corrected chi connectivity index (χ1v) is 9.45. The lowest BCUT2D eigenvalue weighted by Crippen LogP contribution is -2.64. The highest BCUT2D eigenvalue weighted by atomic mass is 19.4. The highest BCUT2D eigenvalue weighted by molar-refractivity contribution is 6.10. The van der Waals surface area contributed by atoms with Gasteiger partial charge in [0, 0.05) is 13.5 Å². The minimum absolute atomic E-state index is 0.0386. The molecule has 160 valence electrons. The van der Waals surface area contributed by atoms with Crippen molar-refractivity contribution in [3.8, 4) is 6.07 Å². The minimum Gasteiger partial charge on any atom is -0.326 e. The van der Waals surface area contributed by atoms with Crippen molar-refractivity contribution in [2.75, 3.05) is 7.05 Å². The maximum atomic E-state index is 13.1. The van der Waals surface area contributed by atoms with Gasteiger partial charge in [0.2, 0.25) is 0 Å². The number of nitriles is 1. The van der Waals surface area contributed by atoms with Crippen LogP contribution >= 0.6 is 0 Å². The Balaban J connectivity index is 1.97. The Bertz CT molecular complexity index is 1130. The largest absolute Gasteiger partial charge is 0.416 e. The molecule has 1 unspecified atom stereocenters. The third-order valence-corrected chi connectivity index (χ3v) is 5.62. The van der Waals surface area contributed by atoms with E-state index in [4.69, 9.17) is 0 Å². The first kappa shape index (κ1) is 22.1. The van der Waals surface area contributed by atoms with Crippen LogP contribution in [0.4, 0.5) is 13.2 Å². The summed E-state index contributed by atoms with van der Waals surface area (Å²) >= 11 is 0. The van der Waals surface area contributed by atoms with Crippen molar-refractivity contribution < 1.29 is 22.8 Å². The van der Waals surface area contributed by atoms with Gasteiger partial charge in [0.25, 0.3) is 11.8 Å². The van der Waals surface area contributed by atoms with Crippen LogP contribution in [0, 0.1) is 11.3 Å². The van der Waals surface area contributed by atoms with E-state index in [1.165, 1.54) is 31.0 Å². The molecule has 5 nitrogen and oxygen atoms in total. The lowest BCUT2D eigenvalue weighted by atomic mass is 9.86. The van der Waals surface area contributed by atoms with Crippen molar-refractivity contribution in [2.45, 2.75) is 32.0 Å². The van der Waals surface area contributed by atoms with Crippen LogP contribution in [0.25, 0.3) is 5.57 Å². The molecule has 8 heteroatoms. The molecule has 2 aromatic carbocycles. The zero-order valence-corrected chi connectivity index (χ0v) is 17.2. The fraction of sp³-hybridized carbons (Fsp3) is 0.261. The van der Waals surface area contributed by atoms with Crippen molar-refractivity contribution in [3.63, 3.8) is 0 Å². The van der Waals surface area contributed by atoms with Crippen LogP contribution in [0.5, 0.6) is 0 Å². The average molecular weight is 427 g/mol. The van der Waals surface area contributed by atoms with Gasteiger partial charge in [-0.15, -0.1) is 0 Å². The zero-order valence-electron chi connectivity index (χ0n) is 17.2. The van der Waals surface area contributed by atoms with Gasteiger partial charge in [0.1, 0.15) is 11.2 Å². The Morgan fingerprint density at radius 2 is 1.84 bits per heavy atom. The van der Waals surface area contributed by atoms with E-state index >= 15 is 0 Å². The van der Waals surface area contributed by atoms with E-state index in [-0.39, 0.29) is 17.7 Å². The number of nitrogens with zero attached hydrogens (tertiary/aromatic N) is 2. The summed E-state index contributed by atoms with van der Waals surface area (Å²) in [6.07, 6.45) is -4.60. The van der Waals surface area contributed by atoms with E-state index in [9.17, 15) is 28.0 Å². The topological polar surface area (TPSA) is 73.2 Å². The molecule has 0 aromatic heterocycles. The molecule has 1 N–H and O–H groups in total. The van der Waals surface area contributed by atoms with E-state index in [0.29, 0.717) is 16.7 Å². The van der Waals surface area contributed by atoms with Crippen LogP contribution in [0.3, 0.4) is 0 Å². The predicted molar refractivity (Wildman–Crippen MR) is 108 cm³/mol. The van der Waals surface area contributed by atoms with Gasteiger partial charge in [-0.1, -0.05) is 36.4 Å². The molecule has 1 atom stereocenters. The number of likely N-dealkylation sites (N-methyl/N-ethyl adjacent to an activating group) is 1. The smallest absolute Gasteiger partial charge is 0.326 e. The Morgan fingerprint density at radius 3 is 2.48 bits per heavy atom. The lowest BCUT2D eigenvalue weighted by molar-refractivity contribution is -0.147. The van der Waals surface area contributed by atoms with Crippen molar-refractivity contribution in [1.82, 2.24) is 10.2 Å². The standard InChI is InChI=1S/C23H20F3N3O2/c1-14(18-10-5-4-8-16(18)13-27)19-20(30)29(3)22(2,21(31)28-19)12-15-7-6-9-17(11-15)23(24,25)26/h4-11H,12H2,1-3H3,(H,28,31). The first-order chi connectivity index (χ1) is 14.5. The number of piperazine rings is 1. The van der Waals surface area contributed by atoms with Gasteiger partial charge in [0.15, 0.2) is 0 Å². The van der Waals surface area contributed by atoms with E-state index in [0.717, 1.165) is 12.1 Å². The second-order valence-electron chi connectivity index (χ2n) is 7.62. The van der Waals surface area contributed by atoms with Gasteiger partial charge >= 0.3 is 6.18 Å². The summed E-state index contributed by atoms with van der Waals surface area (Å²) in [6.45, 7) is 3.14. The molecule has 0 saturated carbocycles. The number of benzene rings is 2. The Hall–Kier alpha value is -3.60. The number of hydrogen-bond acceptors (Lipinski definition) is 3. The first-order valence-electron chi connectivity index (χ1n) is 9.45. The van der Waals surface area contributed by atoms with Gasteiger partial charge in [-0.2, -0.15) is 18.4 Å². The summed E-state index contributed by atoms with van der Waals surface area (Å²) in [4.78, 5) is 27.4. The molecule has 3 rings (SSSR count). The summed E-state index contributed by atoms with van der Waals surface area (Å²) in [5.74, 6) is -1.00. The second kappa shape index (κ2) is 7.91. The van der Waals surface area contributed by atoms with E-state index in [1.54, 1.807) is 31.2 Å². The van der Waals surface area contributed by atoms with Gasteiger partial charge < -0.3 is 10.2 Å². The molecule has 0 bridgehead atoms. The average Bonchev–Trinajstić information content (AvgIpc) is 2.74. The van der Waals surface area contributed by atoms with Crippen LogP contribution < -0.4 is 5.32 Å². The molecule has 1 fully saturated rings. The number of hydrogen-bond donors (Lipinski definition) is 1. The van der Waals surface area contributed by atoms with Crippen LogP contribution in [0.2, 0.25) is 0 Å². The summed E-state index contributed by atoms with van der Waals surface area (Å²) in [7, 11) is 1.44. The summed E-state index contributed by atoms with van der Waals surface area (Å²) in [5.41, 5.74) is -0.576. The molecule has 1 heterocycles. The van der Waals surface area contributed by atoms with Crippen LogP contribution in [-0.2, 0) is 22.2 Å². The molecular weight excluding hydrogens is 407 g/mol. The highest BCUT2D eigenvalue weighted by Gasteiger charge is 2.46. The molecule has 1 aliphatic heterocycles. The quantitative estimate of drug-likeness (QED) is 0.756. The van der Waals surface area contributed by atoms with Crippen molar-refractivity contribution >= 4 is 17.4 Å². The molecule has 2 amide bonds. The van der Waals surface area contributed by atoms with Crippen LogP contribution in [0.15, 0.2) is 54.2 Å². The zero-order chi connectivity index (χ0) is 23.0. The SMILES string of the molecule is CC(=C1NC(=O)C(C)(Cc2cccc(C(F)(F)F)c2)N(C)C1=O)c1ccccc1C#N. The number of halogens is 3. The number of rotatable bonds is 3. The molecule has 31 heavy (non-hydrogen) atoms. The van der Waals surface area contributed by atoms with Gasteiger partial charge in [0.05, 0.1) is 17.2 Å². The third kappa shape index (κ3) is 4.04. The summed E-state index contributed by atoms with van der Waals surface area (Å²) in [6, 6.07) is 13.5. The number of alkyl halides is 3. The van der Waals surface area contributed by atoms with Crippen molar-refractivity contribution in [1.29, 1.82) is 5.26 Å². The van der Waals surface area contributed by atoms with E-state index in [1.807, 2.05) is 0 Å². The lowest BCUT2D eigenvalue weighted by Gasteiger charge is -2.42. The van der Waals surface area contributed by atoms with Gasteiger partial charge in [-0.05, 0) is 42.7 Å². The molecule has 0 aliphatic carbocycles. The van der Waals surface area contributed by atoms with Crippen molar-refractivity contribution in [2.24, 2.45) is 0 Å². The van der Waals surface area contributed by atoms with Crippen molar-refractivity contribution in [3.05, 3.63) is 76.5 Å². The van der Waals surface area contributed by atoms with Gasteiger partial charge in [-0.3, -0.25) is 9.59 Å². The second-order valence-corrected chi connectivity index (χ2v) is 7.62. The van der Waals surface area contributed by atoms with E-state index in [2.05, 4.69) is 11.4 Å². The Labute approximate surface area is 177 Å². The summed E-state index contributed by atoms with van der Waals surface area (Å²) < 4.78 is 39.1. The number of carbonyl (C=O) groups is 2. The number of amides is 2. The highest BCUT2D eigenvalue weighted by Crippen LogP contribution is 2.33.